The highest BCUT2D eigenvalue weighted by Gasteiger charge is 2.31. The molecule has 1 aliphatic carbocycles. The van der Waals surface area contributed by atoms with Gasteiger partial charge in [-0.25, -0.2) is 0 Å². The van der Waals surface area contributed by atoms with Crippen molar-refractivity contribution in [2.24, 2.45) is 17.2 Å². The number of amides is 1. The third-order valence-electron chi connectivity index (χ3n) is 2.99. The molecule has 2 rings (SSSR count). The number of benzene rings is 1. The Bertz CT molecular complexity index is 422. The second-order valence-corrected chi connectivity index (χ2v) is 4.44. The Morgan fingerprint density at radius 1 is 1.29 bits per heavy atom. The molecule has 3 atom stereocenters. The number of ether oxygens (including phenoxy) is 1. The van der Waals surface area contributed by atoms with E-state index < -0.39 is 5.91 Å². The molecule has 5 nitrogen and oxygen atoms in total. The van der Waals surface area contributed by atoms with E-state index in [0.717, 1.165) is 12.8 Å². The number of carbonyl (C=O) groups excluding carboxylic acids is 1. The van der Waals surface area contributed by atoms with Crippen molar-refractivity contribution in [3.8, 4) is 5.75 Å². The first kappa shape index (κ1) is 11.9. The van der Waals surface area contributed by atoms with Crippen LogP contribution in [0.15, 0.2) is 24.3 Å². The van der Waals surface area contributed by atoms with Crippen LogP contribution in [0, 0.1) is 0 Å². The number of hydrogen-bond acceptors (Lipinski definition) is 4. The van der Waals surface area contributed by atoms with Gasteiger partial charge in [0, 0.05) is 24.1 Å². The molecule has 0 heterocycles. The lowest BCUT2D eigenvalue weighted by atomic mass is 10.2. The van der Waals surface area contributed by atoms with Crippen LogP contribution in [0.3, 0.4) is 0 Å². The maximum Gasteiger partial charge on any atom is 0.248 e. The summed E-state index contributed by atoms with van der Waals surface area (Å²) in [7, 11) is 0. The Morgan fingerprint density at radius 3 is 2.65 bits per heavy atom. The molecule has 0 unspecified atom stereocenters. The molecular weight excluding hydrogens is 218 g/mol. The van der Waals surface area contributed by atoms with E-state index in [1.54, 1.807) is 24.3 Å². The minimum Gasteiger partial charge on any atom is -0.489 e. The highest BCUT2D eigenvalue weighted by atomic mass is 16.5. The van der Waals surface area contributed by atoms with Crippen LogP contribution in [0.1, 0.15) is 23.2 Å². The van der Waals surface area contributed by atoms with Gasteiger partial charge in [-0.05, 0) is 24.6 Å². The van der Waals surface area contributed by atoms with Gasteiger partial charge in [0.05, 0.1) is 0 Å². The van der Waals surface area contributed by atoms with Crippen LogP contribution in [0.2, 0.25) is 0 Å². The maximum absolute atomic E-state index is 11.0. The molecule has 92 valence electrons. The average Bonchev–Trinajstić information content (AvgIpc) is 2.58. The molecule has 1 fully saturated rings. The van der Waals surface area contributed by atoms with Crippen LogP contribution in [0.5, 0.6) is 5.75 Å². The van der Waals surface area contributed by atoms with Gasteiger partial charge in [0.1, 0.15) is 11.9 Å². The van der Waals surface area contributed by atoms with E-state index in [1.165, 1.54) is 0 Å². The summed E-state index contributed by atoms with van der Waals surface area (Å²) in [5, 5.41) is 0. The molecule has 6 N–H and O–H groups in total. The van der Waals surface area contributed by atoms with E-state index in [0.29, 0.717) is 11.3 Å². The molecule has 1 amide bonds. The van der Waals surface area contributed by atoms with Crippen LogP contribution in [-0.4, -0.2) is 24.1 Å². The summed E-state index contributed by atoms with van der Waals surface area (Å²) < 4.78 is 5.74. The van der Waals surface area contributed by atoms with Gasteiger partial charge in [-0.3, -0.25) is 4.79 Å². The molecule has 5 heteroatoms. The van der Waals surface area contributed by atoms with Gasteiger partial charge in [-0.15, -0.1) is 0 Å². The van der Waals surface area contributed by atoms with Crippen molar-refractivity contribution < 1.29 is 9.53 Å². The third kappa shape index (κ3) is 2.75. The molecule has 1 aliphatic rings. The standard InChI is InChI=1S/C12H17N3O2/c13-8-5-10(14)11(6-8)17-9-3-1-2-7(4-9)12(15)16/h1-4,8,10-11H,5-6,13-14H2,(H2,15,16)/t8-,10+,11+/m1/s1. The van der Waals surface area contributed by atoms with Gasteiger partial charge in [-0.1, -0.05) is 6.07 Å². The predicted molar refractivity (Wildman–Crippen MR) is 64.6 cm³/mol. The monoisotopic (exact) mass is 235 g/mol. The first-order valence-corrected chi connectivity index (χ1v) is 5.64. The lowest BCUT2D eigenvalue weighted by molar-refractivity contribution is 0.0999. The maximum atomic E-state index is 11.0. The van der Waals surface area contributed by atoms with E-state index in [2.05, 4.69) is 0 Å². The number of nitrogens with two attached hydrogens (primary N) is 3. The number of hydrogen-bond donors (Lipinski definition) is 3. The molecule has 0 bridgehead atoms. The summed E-state index contributed by atoms with van der Waals surface area (Å²) >= 11 is 0. The average molecular weight is 235 g/mol. The SMILES string of the molecule is NC(=O)c1cccc(O[C@H]2C[C@H](N)C[C@@H]2N)c1. The first-order chi connectivity index (χ1) is 8.06. The minimum atomic E-state index is -0.470. The van der Waals surface area contributed by atoms with Crippen molar-refractivity contribution >= 4 is 5.91 Å². The molecule has 17 heavy (non-hydrogen) atoms. The van der Waals surface area contributed by atoms with Crippen LogP contribution < -0.4 is 21.9 Å². The Kier molecular flexibility index (Phi) is 3.31. The molecular formula is C12H17N3O2. The van der Waals surface area contributed by atoms with E-state index in [4.69, 9.17) is 21.9 Å². The summed E-state index contributed by atoms with van der Waals surface area (Å²) in [5.74, 6) is 0.138. The number of carbonyl (C=O) groups is 1. The van der Waals surface area contributed by atoms with Crippen molar-refractivity contribution in [3.63, 3.8) is 0 Å². The summed E-state index contributed by atoms with van der Waals surface area (Å²) in [6.45, 7) is 0. The largest absolute Gasteiger partial charge is 0.489 e. The second-order valence-electron chi connectivity index (χ2n) is 4.44. The molecule has 0 aromatic heterocycles. The number of rotatable bonds is 3. The van der Waals surface area contributed by atoms with Gasteiger partial charge in [0.25, 0.3) is 0 Å². The molecule has 0 saturated heterocycles. The Labute approximate surface area is 99.9 Å². The highest BCUT2D eigenvalue weighted by molar-refractivity contribution is 5.93. The van der Waals surface area contributed by atoms with Gasteiger partial charge < -0.3 is 21.9 Å². The van der Waals surface area contributed by atoms with Gasteiger partial charge in [0.15, 0.2) is 0 Å². The normalized spacial score (nSPS) is 28.0. The molecule has 1 aromatic carbocycles. The van der Waals surface area contributed by atoms with Crippen LogP contribution >= 0.6 is 0 Å². The lowest BCUT2D eigenvalue weighted by Gasteiger charge is -2.17. The number of primary amides is 1. The first-order valence-electron chi connectivity index (χ1n) is 5.64. The molecule has 1 aromatic rings. The fourth-order valence-corrected chi connectivity index (χ4v) is 2.10. The van der Waals surface area contributed by atoms with Crippen molar-refractivity contribution in [2.75, 3.05) is 0 Å². The zero-order valence-electron chi connectivity index (χ0n) is 9.50. The van der Waals surface area contributed by atoms with Crippen molar-refractivity contribution in [2.45, 2.75) is 31.0 Å². The Morgan fingerprint density at radius 2 is 2.06 bits per heavy atom. The quantitative estimate of drug-likeness (QED) is 0.684. The van der Waals surface area contributed by atoms with Gasteiger partial charge in [-0.2, -0.15) is 0 Å². The van der Waals surface area contributed by atoms with E-state index >= 15 is 0 Å². The zero-order valence-corrected chi connectivity index (χ0v) is 9.50. The van der Waals surface area contributed by atoms with Crippen LogP contribution in [0.4, 0.5) is 0 Å². The van der Waals surface area contributed by atoms with Crippen LogP contribution in [0.25, 0.3) is 0 Å². The van der Waals surface area contributed by atoms with Crippen molar-refractivity contribution in [3.05, 3.63) is 29.8 Å². The highest BCUT2D eigenvalue weighted by Crippen LogP contribution is 2.23. The smallest absolute Gasteiger partial charge is 0.248 e. The molecule has 1 saturated carbocycles. The summed E-state index contributed by atoms with van der Waals surface area (Å²) in [6, 6.07) is 6.82. The summed E-state index contributed by atoms with van der Waals surface area (Å²) in [5.41, 5.74) is 17.4. The van der Waals surface area contributed by atoms with Gasteiger partial charge in [0.2, 0.25) is 5.91 Å². The van der Waals surface area contributed by atoms with Crippen molar-refractivity contribution in [1.29, 1.82) is 0 Å². The Balaban J connectivity index is 2.08. The van der Waals surface area contributed by atoms with Crippen LogP contribution in [-0.2, 0) is 0 Å². The van der Waals surface area contributed by atoms with Crippen molar-refractivity contribution in [1.82, 2.24) is 0 Å². The predicted octanol–water partition coefficient (Wildman–Crippen LogP) is -0.0187. The molecule has 0 aliphatic heterocycles. The van der Waals surface area contributed by atoms with E-state index in [1.807, 2.05) is 0 Å². The fourth-order valence-electron chi connectivity index (χ4n) is 2.10. The topological polar surface area (TPSA) is 104 Å². The Hall–Kier alpha value is -1.59. The third-order valence-corrected chi connectivity index (χ3v) is 2.99. The van der Waals surface area contributed by atoms with Gasteiger partial charge >= 0.3 is 0 Å². The minimum absolute atomic E-state index is 0.0535. The summed E-state index contributed by atoms with van der Waals surface area (Å²) in [6.07, 6.45) is 1.41. The molecule has 0 spiro atoms. The zero-order chi connectivity index (χ0) is 12.4. The lowest BCUT2D eigenvalue weighted by Crippen LogP contribution is -2.33. The fraction of sp³-hybridized carbons (Fsp3) is 0.417. The second kappa shape index (κ2) is 4.73. The molecule has 0 radical (unpaired) electrons. The van der Waals surface area contributed by atoms with E-state index in [-0.39, 0.29) is 18.2 Å². The van der Waals surface area contributed by atoms with E-state index in [9.17, 15) is 4.79 Å². The summed E-state index contributed by atoms with van der Waals surface area (Å²) in [4.78, 5) is 11.0.